The van der Waals surface area contributed by atoms with E-state index < -0.39 is 0 Å². The maximum Gasteiger partial charge on any atom is 0.207 e. The van der Waals surface area contributed by atoms with Crippen LogP contribution < -0.4 is 5.32 Å². The van der Waals surface area contributed by atoms with E-state index in [9.17, 15) is 4.79 Å². The summed E-state index contributed by atoms with van der Waals surface area (Å²) in [4.78, 5) is 15.7. The van der Waals surface area contributed by atoms with Crippen LogP contribution in [0.25, 0.3) is 11.3 Å². The summed E-state index contributed by atoms with van der Waals surface area (Å²) >= 11 is 1.58. The van der Waals surface area contributed by atoms with Gasteiger partial charge < -0.3 is 5.32 Å². The van der Waals surface area contributed by atoms with Crippen LogP contribution in [0.3, 0.4) is 0 Å². The Labute approximate surface area is 140 Å². The standard InChI is InChI=1S/C19H18N2OS/c1-14-7-9-15(10-8-14)11-17(20-13-22)19-21-18(12-23-19)16-5-3-2-4-6-16/h2-10,12-13,17H,11H2,1H3,(H,20,22)/t17-/m0/s1. The zero-order valence-corrected chi connectivity index (χ0v) is 13.7. The van der Waals surface area contributed by atoms with Crippen molar-refractivity contribution in [1.29, 1.82) is 0 Å². The Balaban J connectivity index is 1.82. The van der Waals surface area contributed by atoms with Crippen molar-refractivity contribution in [3.63, 3.8) is 0 Å². The van der Waals surface area contributed by atoms with Crippen LogP contribution in [0.5, 0.6) is 0 Å². The van der Waals surface area contributed by atoms with Crippen LogP contribution in [0.15, 0.2) is 60.0 Å². The monoisotopic (exact) mass is 322 g/mol. The molecule has 0 radical (unpaired) electrons. The van der Waals surface area contributed by atoms with Crippen molar-refractivity contribution < 1.29 is 4.79 Å². The molecule has 4 heteroatoms. The number of nitrogens with one attached hydrogen (secondary N) is 1. The van der Waals surface area contributed by atoms with Gasteiger partial charge in [0.2, 0.25) is 6.41 Å². The lowest BCUT2D eigenvalue weighted by Gasteiger charge is -2.13. The van der Waals surface area contributed by atoms with E-state index in [1.165, 1.54) is 11.1 Å². The second-order valence-corrected chi connectivity index (χ2v) is 6.35. The highest BCUT2D eigenvalue weighted by atomic mass is 32.1. The topological polar surface area (TPSA) is 42.0 Å². The minimum absolute atomic E-state index is 0.0994. The molecule has 0 saturated heterocycles. The maximum absolute atomic E-state index is 11.0. The molecule has 0 fully saturated rings. The number of hydrogen-bond donors (Lipinski definition) is 1. The number of aryl methyl sites for hydroxylation is 1. The molecule has 0 bridgehead atoms. The summed E-state index contributed by atoms with van der Waals surface area (Å²) in [6.45, 7) is 2.07. The molecule has 0 unspecified atom stereocenters. The average molecular weight is 322 g/mol. The maximum atomic E-state index is 11.0. The van der Waals surface area contributed by atoms with Crippen LogP contribution in [0.4, 0.5) is 0 Å². The Morgan fingerprint density at radius 3 is 2.57 bits per heavy atom. The van der Waals surface area contributed by atoms with E-state index in [0.717, 1.165) is 29.1 Å². The van der Waals surface area contributed by atoms with E-state index in [4.69, 9.17) is 4.98 Å². The first-order chi connectivity index (χ1) is 11.3. The van der Waals surface area contributed by atoms with Crippen molar-refractivity contribution in [3.05, 3.63) is 76.1 Å². The first-order valence-corrected chi connectivity index (χ1v) is 8.40. The Morgan fingerprint density at radius 2 is 1.87 bits per heavy atom. The van der Waals surface area contributed by atoms with Gasteiger partial charge in [-0.1, -0.05) is 60.2 Å². The Kier molecular flexibility index (Phi) is 4.83. The van der Waals surface area contributed by atoms with E-state index in [1.54, 1.807) is 11.3 Å². The summed E-state index contributed by atoms with van der Waals surface area (Å²) in [6.07, 6.45) is 1.49. The summed E-state index contributed by atoms with van der Waals surface area (Å²) in [5.41, 5.74) is 4.46. The number of benzene rings is 2. The molecule has 23 heavy (non-hydrogen) atoms. The van der Waals surface area contributed by atoms with E-state index in [2.05, 4.69) is 36.5 Å². The van der Waals surface area contributed by atoms with Gasteiger partial charge in [0.25, 0.3) is 0 Å². The molecule has 116 valence electrons. The Morgan fingerprint density at radius 1 is 1.13 bits per heavy atom. The van der Waals surface area contributed by atoms with Crippen LogP contribution in [0.1, 0.15) is 22.2 Å². The predicted molar refractivity (Wildman–Crippen MR) is 94.4 cm³/mol. The number of rotatable bonds is 6. The molecule has 2 aromatic carbocycles. The number of thiazole rings is 1. The van der Waals surface area contributed by atoms with Crippen molar-refractivity contribution in [3.8, 4) is 11.3 Å². The van der Waals surface area contributed by atoms with Crippen molar-refractivity contribution in [2.75, 3.05) is 0 Å². The van der Waals surface area contributed by atoms with Crippen LogP contribution in [0.2, 0.25) is 0 Å². The molecule has 1 N–H and O–H groups in total. The quantitative estimate of drug-likeness (QED) is 0.693. The van der Waals surface area contributed by atoms with Crippen molar-refractivity contribution in [2.45, 2.75) is 19.4 Å². The second-order valence-electron chi connectivity index (χ2n) is 5.46. The molecule has 0 aliphatic carbocycles. The molecule has 3 rings (SSSR count). The number of carbonyl (C=O) groups is 1. The molecule has 0 aliphatic heterocycles. The molecular weight excluding hydrogens is 304 g/mol. The van der Waals surface area contributed by atoms with E-state index in [-0.39, 0.29) is 6.04 Å². The normalized spacial score (nSPS) is 11.9. The molecule has 1 atom stereocenters. The van der Waals surface area contributed by atoms with Gasteiger partial charge in [0.1, 0.15) is 5.01 Å². The van der Waals surface area contributed by atoms with Gasteiger partial charge in [-0.3, -0.25) is 4.79 Å². The highest BCUT2D eigenvalue weighted by Gasteiger charge is 2.16. The average Bonchev–Trinajstić information content (AvgIpc) is 3.07. The van der Waals surface area contributed by atoms with Crippen molar-refractivity contribution in [2.24, 2.45) is 0 Å². The van der Waals surface area contributed by atoms with Crippen LogP contribution >= 0.6 is 11.3 Å². The molecule has 1 aromatic heterocycles. The number of carbonyl (C=O) groups excluding carboxylic acids is 1. The summed E-state index contributed by atoms with van der Waals surface area (Å²) in [5.74, 6) is 0. The lowest BCUT2D eigenvalue weighted by molar-refractivity contribution is -0.110. The number of aromatic nitrogens is 1. The smallest absolute Gasteiger partial charge is 0.207 e. The van der Waals surface area contributed by atoms with Gasteiger partial charge in [-0.25, -0.2) is 4.98 Å². The molecule has 1 heterocycles. The second kappa shape index (κ2) is 7.20. The van der Waals surface area contributed by atoms with Crippen molar-refractivity contribution in [1.82, 2.24) is 10.3 Å². The fraction of sp³-hybridized carbons (Fsp3) is 0.158. The highest BCUT2D eigenvalue weighted by molar-refractivity contribution is 7.10. The van der Waals surface area contributed by atoms with E-state index in [0.29, 0.717) is 0 Å². The number of amides is 1. The summed E-state index contributed by atoms with van der Waals surface area (Å²) in [6, 6.07) is 18.4. The fourth-order valence-corrected chi connectivity index (χ4v) is 3.34. The number of hydrogen-bond acceptors (Lipinski definition) is 3. The van der Waals surface area contributed by atoms with Gasteiger partial charge in [0.05, 0.1) is 11.7 Å². The number of nitrogens with zero attached hydrogens (tertiary/aromatic N) is 1. The molecule has 1 amide bonds. The van der Waals surface area contributed by atoms with Crippen molar-refractivity contribution >= 4 is 17.7 Å². The zero-order valence-electron chi connectivity index (χ0n) is 12.9. The highest BCUT2D eigenvalue weighted by Crippen LogP contribution is 2.27. The lowest BCUT2D eigenvalue weighted by atomic mass is 10.0. The summed E-state index contributed by atoms with van der Waals surface area (Å²) in [5, 5.41) is 5.86. The van der Waals surface area contributed by atoms with Crippen LogP contribution in [0, 0.1) is 6.92 Å². The molecule has 0 aliphatic rings. The van der Waals surface area contributed by atoms with E-state index >= 15 is 0 Å². The molecular formula is C19H18N2OS. The van der Waals surface area contributed by atoms with Crippen LogP contribution in [-0.2, 0) is 11.2 Å². The van der Waals surface area contributed by atoms with Gasteiger partial charge in [-0.2, -0.15) is 0 Å². The molecule has 3 aromatic rings. The van der Waals surface area contributed by atoms with Crippen LogP contribution in [-0.4, -0.2) is 11.4 Å². The minimum Gasteiger partial charge on any atom is -0.349 e. The third kappa shape index (κ3) is 3.85. The van der Waals surface area contributed by atoms with Gasteiger partial charge >= 0.3 is 0 Å². The minimum atomic E-state index is -0.0994. The Bertz CT molecular complexity index is 766. The van der Waals surface area contributed by atoms with E-state index in [1.807, 2.05) is 35.7 Å². The SMILES string of the molecule is Cc1ccc(C[C@H](NC=O)c2nc(-c3ccccc3)cs2)cc1. The molecule has 3 nitrogen and oxygen atoms in total. The predicted octanol–water partition coefficient (Wildman–Crippen LogP) is 4.15. The first-order valence-electron chi connectivity index (χ1n) is 7.52. The van der Waals surface area contributed by atoms with Gasteiger partial charge in [0, 0.05) is 10.9 Å². The van der Waals surface area contributed by atoms with Gasteiger partial charge in [-0.05, 0) is 18.9 Å². The third-order valence-electron chi connectivity index (χ3n) is 3.72. The largest absolute Gasteiger partial charge is 0.349 e. The first kappa shape index (κ1) is 15.4. The Hall–Kier alpha value is -2.46. The molecule has 0 spiro atoms. The molecule has 0 saturated carbocycles. The summed E-state index contributed by atoms with van der Waals surface area (Å²) in [7, 11) is 0. The fourth-order valence-electron chi connectivity index (χ4n) is 2.45. The lowest BCUT2D eigenvalue weighted by Crippen LogP contribution is -2.21. The third-order valence-corrected chi connectivity index (χ3v) is 4.68. The zero-order chi connectivity index (χ0) is 16.1. The summed E-state index contributed by atoms with van der Waals surface area (Å²) < 4.78 is 0. The van der Waals surface area contributed by atoms with Gasteiger partial charge in [-0.15, -0.1) is 11.3 Å². The van der Waals surface area contributed by atoms with Gasteiger partial charge in [0.15, 0.2) is 0 Å².